The van der Waals surface area contributed by atoms with Crippen molar-refractivity contribution in [3.8, 4) is 0 Å². The third kappa shape index (κ3) is 4.59. The molecule has 176 valence electrons. The Morgan fingerprint density at radius 1 is 1.18 bits per heavy atom. The van der Waals surface area contributed by atoms with E-state index in [9.17, 15) is 24.5 Å². The summed E-state index contributed by atoms with van der Waals surface area (Å²) in [5.41, 5.74) is 3.66. The molecule has 11 nitrogen and oxygen atoms in total. The van der Waals surface area contributed by atoms with E-state index in [4.69, 9.17) is 9.47 Å². The number of nitro benzene ring substituents is 1. The number of nitro groups is 1. The first kappa shape index (κ1) is 22.9. The minimum Gasteiger partial charge on any atom is -0.462 e. The average molecular weight is 466 g/mol. The summed E-state index contributed by atoms with van der Waals surface area (Å²) in [7, 11) is 0. The number of carbonyl (C=O) groups excluding carboxylic acids is 3. The summed E-state index contributed by atoms with van der Waals surface area (Å²) in [5, 5.41) is 12.7. The molecule has 0 aliphatic carbocycles. The number of hydrogen-bond acceptors (Lipinski definition) is 8. The highest BCUT2D eigenvalue weighted by molar-refractivity contribution is 6.31. The van der Waals surface area contributed by atoms with Gasteiger partial charge in [0.15, 0.2) is 0 Å². The van der Waals surface area contributed by atoms with E-state index in [0.717, 1.165) is 5.01 Å². The van der Waals surface area contributed by atoms with Crippen molar-refractivity contribution in [3.63, 3.8) is 0 Å². The van der Waals surface area contributed by atoms with Gasteiger partial charge >= 0.3 is 5.97 Å². The van der Waals surface area contributed by atoms with Crippen LogP contribution < -0.4 is 15.3 Å². The molecule has 4 rings (SSSR count). The number of amides is 2. The van der Waals surface area contributed by atoms with Crippen molar-refractivity contribution >= 4 is 40.9 Å². The lowest BCUT2D eigenvalue weighted by molar-refractivity contribution is -0.384. The van der Waals surface area contributed by atoms with Crippen LogP contribution in [0.1, 0.15) is 22.8 Å². The van der Waals surface area contributed by atoms with Gasteiger partial charge in [-0.3, -0.25) is 25.1 Å². The number of anilines is 2. The van der Waals surface area contributed by atoms with Gasteiger partial charge < -0.3 is 14.4 Å². The second-order valence-corrected chi connectivity index (χ2v) is 7.51. The van der Waals surface area contributed by atoms with E-state index in [1.807, 2.05) is 4.90 Å². The molecule has 0 atom stereocenters. The lowest BCUT2D eigenvalue weighted by Crippen LogP contribution is -2.36. The molecule has 2 aliphatic rings. The first-order chi connectivity index (χ1) is 16.4. The minimum absolute atomic E-state index is 0.117. The molecule has 11 heteroatoms. The zero-order valence-electron chi connectivity index (χ0n) is 18.4. The van der Waals surface area contributed by atoms with Crippen LogP contribution in [0, 0.1) is 10.1 Å². The molecule has 0 radical (unpaired) electrons. The highest BCUT2D eigenvalue weighted by Crippen LogP contribution is 2.31. The molecule has 0 bridgehead atoms. The Morgan fingerprint density at radius 3 is 2.53 bits per heavy atom. The fourth-order valence-corrected chi connectivity index (χ4v) is 3.72. The predicted octanol–water partition coefficient (Wildman–Crippen LogP) is 2.07. The summed E-state index contributed by atoms with van der Waals surface area (Å²) in [4.78, 5) is 50.3. The van der Waals surface area contributed by atoms with Gasteiger partial charge in [0.2, 0.25) is 0 Å². The first-order valence-electron chi connectivity index (χ1n) is 10.6. The standard InChI is InChI=1S/C23H22N4O7/c1-2-34-23(30)16-4-6-17(7-5-16)26-22(29)18(21(28)24-26)13-15-3-8-19(20(14-15)27(31)32)25-9-11-33-12-10-25/h3-8,13-14H,2,9-12H2,1H3,(H,24,28). The van der Waals surface area contributed by atoms with E-state index in [1.54, 1.807) is 19.1 Å². The van der Waals surface area contributed by atoms with Crippen LogP contribution in [0.4, 0.5) is 17.1 Å². The third-order valence-electron chi connectivity index (χ3n) is 5.39. The maximum atomic E-state index is 12.9. The molecular weight excluding hydrogens is 444 g/mol. The Balaban J connectivity index is 1.58. The maximum absolute atomic E-state index is 12.9. The topological polar surface area (TPSA) is 131 Å². The quantitative estimate of drug-likeness (QED) is 0.225. The van der Waals surface area contributed by atoms with Crippen LogP contribution in [0.5, 0.6) is 0 Å². The van der Waals surface area contributed by atoms with Gasteiger partial charge in [0.25, 0.3) is 17.5 Å². The van der Waals surface area contributed by atoms with E-state index in [-0.39, 0.29) is 17.9 Å². The summed E-state index contributed by atoms with van der Waals surface area (Å²) >= 11 is 0. The number of esters is 1. The van der Waals surface area contributed by atoms with Crippen molar-refractivity contribution in [2.45, 2.75) is 6.92 Å². The van der Waals surface area contributed by atoms with Gasteiger partial charge in [-0.15, -0.1) is 0 Å². The molecule has 2 amide bonds. The number of nitrogens with one attached hydrogen (secondary N) is 1. The number of hydrazine groups is 1. The van der Waals surface area contributed by atoms with Crippen LogP contribution in [0.15, 0.2) is 48.0 Å². The Kier molecular flexibility index (Phi) is 6.55. The Morgan fingerprint density at radius 2 is 1.88 bits per heavy atom. The summed E-state index contributed by atoms with van der Waals surface area (Å²) in [6.45, 7) is 3.96. The second-order valence-electron chi connectivity index (χ2n) is 7.51. The zero-order valence-corrected chi connectivity index (χ0v) is 18.4. The van der Waals surface area contributed by atoms with Gasteiger partial charge in [-0.05, 0) is 48.9 Å². The number of rotatable bonds is 6. The van der Waals surface area contributed by atoms with Crippen LogP contribution in [0.2, 0.25) is 0 Å². The number of ether oxygens (including phenoxy) is 2. The van der Waals surface area contributed by atoms with Gasteiger partial charge in [0, 0.05) is 19.2 Å². The van der Waals surface area contributed by atoms with Gasteiger partial charge in [0.1, 0.15) is 11.3 Å². The maximum Gasteiger partial charge on any atom is 0.338 e. The fraction of sp³-hybridized carbons (Fsp3) is 0.261. The van der Waals surface area contributed by atoms with Gasteiger partial charge in [0.05, 0.1) is 36.0 Å². The second kappa shape index (κ2) is 9.71. The van der Waals surface area contributed by atoms with Crippen molar-refractivity contribution < 1.29 is 28.8 Å². The van der Waals surface area contributed by atoms with Gasteiger partial charge in [-0.1, -0.05) is 6.07 Å². The normalized spacial score (nSPS) is 17.1. The molecule has 2 aromatic rings. The molecule has 2 heterocycles. The highest BCUT2D eigenvalue weighted by Gasteiger charge is 2.34. The summed E-state index contributed by atoms with van der Waals surface area (Å²) < 4.78 is 10.2. The van der Waals surface area contributed by atoms with E-state index >= 15 is 0 Å². The van der Waals surface area contributed by atoms with E-state index in [0.29, 0.717) is 48.8 Å². The SMILES string of the molecule is CCOC(=O)c1ccc(N2NC(=O)C(=Cc3ccc(N4CCOCC4)c([N+](=O)[O-])c3)C2=O)cc1. The highest BCUT2D eigenvalue weighted by atomic mass is 16.6. The smallest absolute Gasteiger partial charge is 0.338 e. The van der Waals surface area contributed by atoms with Gasteiger partial charge in [-0.25, -0.2) is 9.80 Å². The Labute approximate surface area is 194 Å². The van der Waals surface area contributed by atoms with E-state index in [2.05, 4.69) is 5.43 Å². The lowest BCUT2D eigenvalue weighted by Gasteiger charge is -2.28. The largest absolute Gasteiger partial charge is 0.462 e. The fourth-order valence-electron chi connectivity index (χ4n) is 3.72. The van der Waals surface area contributed by atoms with Crippen molar-refractivity contribution in [2.24, 2.45) is 0 Å². The van der Waals surface area contributed by atoms with Crippen molar-refractivity contribution in [3.05, 3.63) is 69.3 Å². The van der Waals surface area contributed by atoms with E-state index < -0.39 is 22.7 Å². The number of hydrogen-bond donors (Lipinski definition) is 1. The number of carbonyl (C=O) groups is 3. The van der Waals surface area contributed by atoms with Crippen molar-refractivity contribution in [1.29, 1.82) is 0 Å². The monoisotopic (exact) mass is 466 g/mol. The zero-order chi connectivity index (χ0) is 24.2. The Hall–Kier alpha value is -4.25. The predicted molar refractivity (Wildman–Crippen MR) is 122 cm³/mol. The molecular formula is C23H22N4O7. The molecule has 0 saturated carbocycles. The van der Waals surface area contributed by atoms with Crippen molar-refractivity contribution in [1.82, 2.24) is 5.43 Å². The number of morpholine rings is 1. The molecule has 0 spiro atoms. The minimum atomic E-state index is -0.639. The molecule has 34 heavy (non-hydrogen) atoms. The van der Waals surface area contributed by atoms with E-state index in [1.165, 1.54) is 36.4 Å². The van der Waals surface area contributed by atoms with Crippen LogP contribution in [-0.2, 0) is 19.1 Å². The van der Waals surface area contributed by atoms with Crippen LogP contribution >= 0.6 is 0 Å². The van der Waals surface area contributed by atoms with Gasteiger partial charge in [-0.2, -0.15) is 0 Å². The number of nitrogens with zero attached hydrogens (tertiary/aromatic N) is 3. The number of benzene rings is 2. The molecule has 0 unspecified atom stereocenters. The molecule has 0 aromatic heterocycles. The Bertz CT molecular complexity index is 1170. The summed E-state index contributed by atoms with van der Waals surface area (Å²) in [5.74, 6) is -1.75. The molecule has 2 saturated heterocycles. The summed E-state index contributed by atoms with van der Waals surface area (Å²) in [6.07, 6.45) is 1.32. The van der Waals surface area contributed by atoms with Crippen LogP contribution in [-0.4, -0.2) is 55.6 Å². The molecule has 1 N–H and O–H groups in total. The average Bonchev–Trinajstić information content (AvgIpc) is 3.13. The third-order valence-corrected chi connectivity index (χ3v) is 5.39. The molecule has 2 fully saturated rings. The molecule has 2 aromatic carbocycles. The summed E-state index contributed by atoms with van der Waals surface area (Å²) in [6, 6.07) is 10.6. The van der Waals surface area contributed by atoms with Crippen LogP contribution in [0.25, 0.3) is 6.08 Å². The van der Waals surface area contributed by atoms with Crippen molar-refractivity contribution in [2.75, 3.05) is 42.8 Å². The lowest BCUT2D eigenvalue weighted by atomic mass is 10.1. The first-order valence-corrected chi connectivity index (χ1v) is 10.6. The molecule has 2 aliphatic heterocycles. The van der Waals surface area contributed by atoms with Crippen LogP contribution in [0.3, 0.4) is 0 Å².